The number of hydrogen-bond acceptors (Lipinski definition) is 3. The van der Waals surface area contributed by atoms with E-state index < -0.39 is 5.97 Å². The second-order valence-electron chi connectivity index (χ2n) is 4.16. The van der Waals surface area contributed by atoms with E-state index in [4.69, 9.17) is 0 Å². The molecule has 0 unspecified atom stereocenters. The van der Waals surface area contributed by atoms with Crippen molar-refractivity contribution in [2.45, 2.75) is 18.8 Å². The number of carboxylic acids is 1. The quantitative estimate of drug-likeness (QED) is 0.844. The van der Waals surface area contributed by atoms with Gasteiger partial charge in [-0.25, -0.2) is 4.79 Å². The number of hydrogen-bond donors (Lipinski definition) is 2. The molecule has 1 aliphatic rings. The summed E-state index contributed by atoms with van der Waals surface area (Å²) in [5, 5.41) is 16.2. The fraction of sp³-hybridized carbons (Fsp3) is 0.250. The maximum Gasteiger partial charge on any atom is 0.339 e. The molecule has 0 aromatic carbocycles. The van der Waals surface area contributed by atoms with Gasteiger partial charge in [0.25, 0.3) is 0 Å². The van der Waals surface area contributed by atoms with Crippen molar-refractivity contribution < 1.29 is 9.90 Å². The second-order valence-corrected chi connectivity index (χ2v) is 4.16. The third kappa shape index (κ3) is 1.69. The number of rotatable bonds is 3. The van der Waals surface area contributed by atoms with Crippen molar-refractivity contribution >= 4 is 5.97 Å². The lowest BCUT2D eigenvalue weighted by atomic mass is 10.1. The van der Waals surface area contributed by atoms with E-state index in [0.717, 1.165) is 18.5 Å². The first kappa shape index (κ1) is 10.0. The number of carbonyl (C=O) groups is 1. The predicted octanol–water partition coefficient (Wildman–Crippen LogP) is 2.05. The lowest BCUT2D eigenvalue weighted by Gasteiger charge is -1.99. The summed E-state index contributed by atoms with van der Waals surface area (Å²) in [5.74, 6) is -0.618. The molecule has 5 nitrogen and oxygen atoms in total. The van der Waals surface area contributed by atoms with Crippen molar-refractivity contribution in [1.29, 1.82) is 0 Å². The van der Waals surface area contributed by atoms with Gasteiger partial charge in [-0.2, -0.15) is 5.10 Å². The molecule has 0 amide bonds. The summed E-state index contributed by atoms with van der Waals surface area (Å²) in [7, 11) is 0. The van der Waals surface area contributed by atoms with E-state index in [1.165, 1.54) is 0 Å². The maximum absolute atomic E-state index is 11.3. The number of pyridine rings is 1. The van der Waals surface area contributed by atoms with Gasteiger partial charge in [0.2, 0.25) is 0 Å². The standard InChI is InChI=1S/C12H11N3O2/c16-12(17)9-10(7-4-5-7)14-15-11(9)8-3-1-2-6-13-8/h1-3,6-7H,4-5H2,(H,14,15)(H,16,17). The Balaban J connectivity index is 2.14. The monoisotopic (exact) mass is 229 g/mol. The second kappa shape index (κ2) is 3.69. The molecule has 2 aromatic rings. The van der Waals surface area contributed by atoms with Crippen LogP contribution in [0.2, 0.25) is 0 Å². The van der Waals surface area contributed by atoms with Crippen molar-refractivity contribution in [1.82, 2.24) is 15.2 Å². The Labute approximate surface area is 97.5 Å². The van der Waals surface area contributed by atoms with Crippen molar-refractivity contribution in [2.24, 2.45) is 0 Å². The fourth-order valence-electron chi connectivity index (χ4n) is 1.93. The van der Waals surface area contributed by atoms with Crippen LogP contribution in [-0.2, 0) is 0 Å². The number of H-pyrrole nitrogens is 1. The molecule has 0 radical (unpaired) electrons. The van der Waals surface area contributed by atoms with Gasteiger partial charge in [0.05, 0.1) is 11.4 Å². The van der Waals surface area contributed by atoms with Crippen LogP contribution in [0.3, 0.4) is 0 Å². The van der Waals surface area contributed by atoms with Crippen molar-refractivity contribution in [3.05, 3.63) is 35.7 Å². The first-order valence-corrected chi connectivity index (χ1v) is 5.50. The van der Waals surface area contributed by atoms with E-state index in [0.29, 0.717) is 17.3 Å². The molecule has 17 heavy (non-hydrogen) atoms. The first-order valence-electron chi connectivity index (χ1n) is 5.50. The molecule has 1 fully saturated rings. The Morgan fingerprint density at radius 1 is 1.41 bits per heavy atom. The topological polar surface area (TPSA) is 78.9 Å². The Hall–Kier alpha value is -2.17. The van der Waals surface area contributed by atoms with E-state index in [-0.39, 0.29) is 5.56 Å². The average molecular weight is 229 g/mol. The zero-order valence-electron chi connectivity index (χ0n) is 9.05. The Morgan fingerprint density at radius 3 is 2.82 bits per heavy atom. The summed E-state index contributed by atoms with van der Waals surface area (Å²) < 4.78 is 0. The summed E-state index contributed by atoms with van der Waals surface area (Å²) in [6.45, 7) is 0. The molecule has 2 N–H and O–H groups in total. The van der Waals surface area contributed by atoms with Crippen LogP contribution in [-0.4, -0.2) is 26.3 Å². The number of carboxylic acid groups (broad SMARTS) is 1. The molecule has 5 heteroatoms. The molecule has 1 aliphatic carbocycles. The van der Waals surface area contributed by atoms with Crippen LogP contribution >= 0.6 is 0 Å². The minimum atomic E-state index is -0.943. The smallest absolute Gasteiger partial charge is 0.339 e. The van der Waals surface area contributed by atoms with Gasteiger partial charge in [-0.1, -0.05) is 6.07 Å². The van der Waals surface area contributed by atoms with E-state index in [1.807, 2.05) is 6.07 Å². The summed E-state index contributed by atoms with van der Waals surface area (Å²) in [6.07, 6.45) is 3.70. The van der Waals surface area contributed by atoms with Crippen LogP contribution in [0, 0.1) is 0 Å². The van der Waals surface area contributed by atoms with Gasteiger partial charge in [-0.3, -0.25) is 10.1 Å². The van der Waals surface area contributed by atoms with E-state index >= 15 is 0 Å². The SMILES string of the molecule is O=C(O)c1c(-c2ccccn2)n[nH]c1C1CC1. The van der Waals surface area contributed by atoms with Gasteiger partial charge in [0.15, 0.2) is 0 Å². The summed E-state index contributed by atoms with van der Waals surface area (Å²) >= 11 is 0. The average Bonchev–Trinajstić information content (AvgIpc) is 3.08. The van der Waals surface area contributed by atoms with Gasteiger partial charge in [0.1, 0.15) is 11.3 Å². The molecule has 1 saturated carbocycles. The van der Waals surface area contributed by atoms with Crippen molar-refractivity contribution in [3.63, 3.8) is 0 Å². The summed E-state index contributed by atoms with van der Waals surface area (Å²) in [4.78, 5) is 15.5. The summed E-state index contributed by atoms with van der Waals surface area (Å²) in [5.41, 5.74) is 2.03. The van der Waals surface area contributed by atoms with Gasteiger partial charge in [0, 0.05) is 12.1 Å². The number of nitrogens with one attached hydrogen (secondary N) is 1. The molecule has 0 atom stereocenters. The molecular formula is C12H11N3O2. The molecule has 86 valence electrons. The van der Waals surface area contributed by atoms with Crippen LogP contribution < -0.4 is 0 Å². The van der Waals surface area contributed by atoms with E-state index in [2.05, 4.69) is 15.2 Å². The predicted molar refractivity (Wildman–Crippen MR) is 60.8 cm³/mol. The van der Waals surface area contributed by atoms with Crippen LogP contribution in [0.25, 0.3) is 11.4 Å². The zero-order valence-corrected chi connectivity index (χ0v) is 9.05. The van der Waals surface area contributed by atoms with E-state index in [9.17, 15) is 9.90 Å². The fourth-order valence-corrected chi connectivity index (χ4v) is 1.93. The number of nitrogens with zero attached hydrogens (tertiary/aromatic N) is 2. The van der Waals surface area contributed by atoms with Crippen molar-refractivity contribution in [3.8, 4) is 11.4 Å². The third-order valence-electron chi connectivity index (χ3n) is 2.90. The molecule has 2 heterocycles. The third-order valence-corrected chi connectivity index (χ3v) is 2.90. The Morgan fingerprint density at radius 2 is 2.24 bits per heavy atom. The summed E-state index contributed by atoms with van der Waals surface area (Å²) in [6, 6.07) is 5.37. The molecule has 0 spiro atoms. The highest BCUT2D eigenvalue weighted by molar-refractivity contribution is 5.95. The van der Waals surface area contributed by atoms with Gasteiger partial charge in [-0.15, -0.1) is 0 Å². The Bertz CT molecular complexity index is 558. The Kier molecular flexibility index (Phi) is 2.18. The van der Waals surface area contributed by atoms with Crippen LogP contribution in [0.4, 0.5) is 0 Å². The highest BCUT2D eigenvalue weighted by Gasteiger charge is 2.32. The van der Waals surface area contributed by atoms with Crippen molar-refractivity contribution in [2.75, 3.05) is 0 Å². The largest absolute Gasteiger partial charge is 0.478 e. The number of aromatic nitrogens is 3. The first-order chi connectivity index (χ1) is 8.27. The maximum atomic E-state index is 11.3. The van der Waals surface area contributed by atoms with Crippen LogP contribution in [0.1, 0.15) is 34.8 Å². The van der Waals surface area contributed by atoms with Gasteiger partial charge in [-0.05, 0) is 25.0 Å². The molecule has 0 aliphatic heterocycles. The van der Waals surface area contributed by atoms with E-state index in [1.54, 1.807) is 18.3 Å². The molecular weight excluding hydrogens is 218 g/mol. The minimum absolute atomic E-state index is 0.270. The number of aromatic amines is 1. The molecule has 2 aromatic heterocycles. The highest BCUT2D eigenvalue weighted by atomic mass is 16.4. The highest BCUT2D eigenvalue weighted by Crippen LogP contribution is 2.42. The zero-order chi connectivity index (χ0) is 11.8. The lowest BCUT2D eigenvalue weighted by molar-refractivity contribution is 0.0696. The molecule has 3 rings (SSSR count). The van der Waals surface area contributed by atoms with Crippen LogP contribution in [0.15, 0.2) is 24.4 Å². The van der Waals surface area contributed by atoms with Crippen LogP contribution in [0.5, 0.6) is 0 Å². The van der Waals surface area contributed by atoms with Gasteiger partial charge >= 0.3 is 5.97 Å². The molecule has 0 saturated heterocycles. The number of aromatic carboxylic acids is 1. The molecule has 0 bridgehead atoms. The normalized spacial score (nSPS) is 14.8. The lowest BCUT2D eigenvalue weighted by Crippen LogP contribution is -2.01. The van der Waals surface area contributed by atoms with Gasteiger partial charge < -0.3 is 5.11 Å². The minimum Gasteiger partial charge on any atom is -0.478 e.